The number of methoxy groups -OCH3 is 1. The van der Waals surface area contributed by atoms with Crippen molar-refractivity contribution in [1.82, 2.24) is 4.98 Å². The minimum atomic E-state index is -0.342. The third kappa shape index (κ3) is 3.41. The molecule has 0 aliphatic carbocycles. The Morgan fingerprint density at radius 2 is 2.47 bits per heavy atom. The van der Waals surface area contributed by atoms with Crippen molar-refractivity contribution in [2.45, 2.75) is 25.4 Å². The topological polar surface area (TPSA) is 51.6 Å². The van der Waals surface area contributed by atoms with Gasteiger partial charge in [0.05, 0.1) is 19.8 Å². The Bertz CT molecular complexity index is 333. The Morgan fingerprint density at radius 1 is 1.59 bits per heavy atom. The molecule has 4 nitrogen and oxygen atoms in total. The van der Waals surface area contributed by atoms with Crippen LogP contribution in [-0.2, 0) is 11.2 Å². The van der Waals surface area contributed by atoms with E-state index in [-0.39, 0.29) is 12.0 Å². The van der Waals surface area contributed by atoms with Gasteiger partial charge in [-0.3, -0.25) is 0 Å². The van der Waals surface area contributed by atoms with Gasteiger partial charge in [0.25, 0.3) is 0 Å². The maximum Gasteiger partial charge on any atom is 0.212 e. The van der Waals surface area contributed by atoms with Crippen molar-refractivity contribution in [2.24, 2.45) is 5.92 Å². The number of hydrogen-bond acceptors (Lipinski definition) is 4. The van der Waals surface area contributed by atoms with Crippen molar-refractivity contribution in [1.29, 1.82) is 0 Å². The average Bonchev–Trinajstić information content (AvgIpc) is 2.40. The number of ether oxygens (including phenoxy) is 2. The summed E-state index contributed by atoms with van der Waals surface area (Å²) in [7, 11) is 1.59. The lowest BCUT2D eigenvalue weighted by Gasteiger charge is -2.26. The summed E-state index contributed by atoms with van der Waals surface area (Å²) in [6.45, 7) is 1.50. The molecule has 2 heterocycles. The van der Waals surface area contributed by atoms with Gasteiger partial charge < -0.3 is 14.6 Å². The molecule has 4 heteroatoms. The van der Waals surface area contributed by atoms with Crippen molar-refractivity contribution in [3.8, 4) is 5.88 Å². The molecule has 17 heavy (non-hydrogen) atoms. The Kier molecular flexibility index (Phi) is 4.34. The number of pyridine rings is 1. The normalized spacial score (nSPS) is 22.1. The number of aliphatic hydroxyl groups excluding tert-OH is 1. The predicted octanol–water partition coefficient (Wildman–Crippen LogP) is 1.42. The lowest BCUT2D eigenvalue weighted by atomic mass is 9.92. The molecule has 0 bridgehead atoms. The molecule has 0 radical (unpaired) electrons. The molecule has 1 aliphatic rings. The highest BCUT2D eigenvalue weighted by Crippen LogP contribution is 2.20. The van der Waals surface area contributed by atoms with Gasteiger partial charge >= 0.3 is 0 Å². The van der Waals surface area contributed by atoms with E-state index in [9.17, 15) is 5.11 Å². The third-order valence-electron chi connectivity index (χ3n) is 3.19. The number of rotatable bonds is 4. The largest absolute Gasteiger partial charge is 0.481 e. The van der Waals surface area contributed by atoms with Crippen LogP contribution in [0.1, 0.15) is 18.4 Å². The number of aromatic nitrogens is 1. The second-order valence-corrected chi connectivity index (χ2v) is 4.46. The van der Waals surface area contributed by atoms with E-state index in [0.717, 1.165) is 25.0 Å². The van der Waals surface area contributed by atoms with Crippen molar-refractivity contribution in [2.75, 3.05) is 20.3 Å². The second-order valence-electron chi connectivity index (χ2n) is 4.46. The summed E-state index contributed by atoms with van der Waals surface area (Å²) in [5.41, 5.74) is 1.03. The number of hydrogen-bond donors (Lipinski definition) is 1. The Labute approximate surface area is 102 Å². The zero-order valence-corrected chi connectivity index (χ0v) is 10.1. The third-order valence-corrected chi connectivity index (χ3v) is 3.19. The summed E-state index contributed by atoms with van der Waals surface area (Å²) in [5, 5.41) is 10.1. The molecule has 0 spiro atoms. The smallest absolute Gasteiger partial charge is 0.212 e. The minimum absolute atomic E-state index is 0.255. The first-order valence-electron chi connectivity index (χ1n) is 6.04. The molecule has 2 atom stereocenters. The van der Waals surface area contributed by atoms with Gasteiger partial charge in [-0.2, -0.15) is 0 Å². The summed E-state index contributed by atoms with van der Waals surface area (Å²) in [5.74, 6) is 0.857. The summed E-state index contributed by atoms with van der Waals surface area (Å²) in [6, 6.07) is 3.76. The van der Waals surface area contributed by atoms with Crippen LogP contribution in [0, 0.1) is 5.92 Å². The molecule has 1 N–H and O–H groups in total. The van der Waals surface area contributed by atoms with Crippen molar-refractivity contribution < 1.29 is 14.6 Å². The molecule has 1 aromatic rings. The van der Waals surface area contributed by atoms with Crippen molar-refractivity contribution in [3.05, 3.63) is 23.9 Å². The molecule has 1 fully saturated rings. The van der Waals surface area contributed by atoms with Gasteiger partial charge in [-0.1, -0.05) is 6.07 Å². The van der Waals surface area contributed by atoms with Crippen LogP contribution in [-0.4, -0.2) is 36.5 Å². The fourth-order valence-electron chi connectivity index (χ4n) is 2.13. The summed E-state index contributed by atoms with van der Waals surface area (Å²) >= 11 is 0. The molecule has 0 saturated carbocycles. The maximum absolute atomic E-state index is 10.1. The Balaban J connectivity index is 1.89. The quantitative estimate of drug-likeness (QED) is 0.860. The first kappa shape index (κ1) is 12.3. The van der Waals surface area contributed by atoms with Crippen molar-refractivity contribution in [3.63, 3.8) is 0 Å². The van der Waals surface area contributed by atoms with Crippen LogP contribution in [0.25, 0.3) is 0 Å². The summed E-state index contributed by atoms with van der Waals surface area (Å²) in [6.07, 6.45) is 4.13. The van der Waals surface area contributed by atoms with E-state index in [1.165, 1.54) is 0 Å². The van der Waals surface area contributed by atoms with Gasteiger partial charge in [-0.15, -0.1) is 0 Å². The van der Waals surface area contributed by atoms with E-state index in [4.69, 9.17) is 9.47 Å². The summed E-state index contributed by atoms with van der Waals surface area (Å²) < 4.78 is 10.4. The van der Waals surface area contributed by atoms with Crippen LogP contribution >= 0.6 is 0 Å². The molecule has 1 aliphatic heterocycles. The molecule has 94 valence electrons. The van der Waals surface area contributed by atoms with Gasteiger partial charge in [0, 0.05) is 31.2 Å². The molecular formula is C13H19NO3. The standard InChI is InChI=1S/C13H19NO3/c1-16-13-5-4-10(8-14-13)7-12(15)11-3-2-6-17-9-11/h4-5,8,11-12,15H,2-3,6-7,9H2,1H3. The van der Waals surface area contributed by atoms with E-state index in [0.29, 0.717) is 18.9 Å². The van der Waals surface area contributed by atoms with E-state index in [1.54, 1.807) is 13.3 Å². The van der Waals surface area contributed by atoms with Crippen LogP contribution < -0.4 is 4.74 Å². The van der Waals surface area contributed by atoms with E-state index >= 15 is 0 Å². The lowest BCUT2D eigenvalue weighted by molar-refractivity contribution is -0.00850. The minimum Gasteiger partial charge on any atom is -0.481 e. The van der Waals surface area contributed by atoms with Crippen LogP contribution in [0.2, 0.25) is 0 Å². The molecular weight excluding hydrogens is 218 g/mol. The predicted molar refractivity (Wildman–Crippen MR) is 64.0 cm³/mol. The fraction of sp³-hybridized carbons (Fsp3) is 0.615. The van der Waals surface area contributed by atoms with Crippen LogP contribution in [0.3, 0.4) is 0 Å². The van der Waals surface area contributed by atoms with Gasteiger partial charge in [0.15, 0.2) is 0 Å². The van der Waals surface area contributed by atoms with Crippen LogP contribution in [0.15, 0.2) is 18.3 Å². The van der Waals surface area contributed by atoms with Gasteiger partial charge in [0.2, 0.25) is 5.88 Å². The first-order valence-corrected chi connectivity index (χ1v) is 6.04. The first-order chi connectivity index (χ1) is 8.29. The van der Waals surface area contributed by atoms with E-state index in [1.807, 2.05) is 12.1 Å². The van der Waals surface area contributed by atoms with Gasteiger partial charge in [-0.25, -0.2) is 4.98 Å². The monoisotopic (exact) mass is 237 g/mol. The average molecular weight is 237 g/mol. The number of nitrogens with zero attached hydrogens (tertiary/aromatic N) is 1. The molecule has 1 saturated heterocycles. The highest BCUT2D eigenvalue weighted by molar-refractivity contribution is 5.18. The molecule has 2 rings (SSSR count). The van der Waals surface area contributed by atoms with Crippen LogP contribution in [0.5, 0.6) is 5.88 Å². The number of aliphatic hydroxyl groups is 1. The Morgan fingerprint density at radius 3 is 3.06 bits per heavy atom. The lowest BCUT2D eigenvalue weighted by Crippen LogP contribution is -2.30. The van der Waals surface area contributed by atoms with Gasteiger partial charge in [-0.05, 0) is 18.4 Å². The Hall–Kier alpha value is -1.13. The SMILES string of the molecule is COc1ccc(CC(O)C2CCCOC2)cn1. The maximum atomic E-state index is 10.1. The zero-order valence-electron chi connectivity index (χ0n) is 10.1. The molecule has 1 aromatic heterocycles. The van der Waals surface area contributed by atoms with E-state index < -0.39 is 0 Å². The van der Waals surface area contributed by atoms with Crippen LogP contribution in [0.4, 0.5) is 0 Å². The highest BCUT2D eigenvalue weighted by Gasteiger charge is 2.22. The second kappa shape index (κ2) is 5.98. The summed E-state index contributed by atoms with van der Waals surface area (Å²) in [4.78, 5) is 4.13. The highest BCUT2D eigenvalue weighted by atomic mass is 16.5. The zero-order chi connectivity index (χ0) is 12.1. The molecule has 2 unspecified atom stereocenters. The van der Waals surface area contributed by atoms with Gasteiger partial charge in [0.1, 0.15) is 0 Å². The molecule has 0 amide bonds. The molecule has 0 aromatic carbocycles. The van der Waals surface area contributed by atoms with Crippen molar-refractivity contribution >= 4 is 0 Å². The fourth-order valence-corrected chi connectivity index (χ4v) is 2.13. The van der Waals surface area contributed by atoms with E-state index in [2.05, 4.69) is 4.98 Å².